The summed E-state index contributed by atoms with van der Waals surface area (Å²) >= 11 is 6.08. The number of nitrogens with zero attached hydrogens (tertiary/aromatic N) is 2. The van der Waals surface area contributed by atoms with Gasteiger partial charge in [0.1, 0.15) is 0 Å². The Morgan fingerprint density at radius 2 is 2.26 bits per heavy atom. The van der Waals surface area contributed by atoms with E-state index in [-0.39, 0.29) is 11.8 Å². The Bertz CT molecular complexity index is 700. The molecule has 2 aromatic rings. The lowest BCUT2D eigenvalue weighted by Gasteiger charge is -2.20. The molecule has 1 heterocycles. The maximum atomic E-state index is 12.7. The highest BCUT2D eigenvalue weighted by atomic mass is 35.5. The third-order valence-electron chi connectivity index (χ3n) is 4.01. The Hall–Kier alpha value is -2.08. The van der Waals surface area contributed by atoms with Crippen molar-refractivity contribution in [2.75, 3.05) is 17.2 Å². The molecule has 1 unspecified atom stereocenters. The Kier molecular flexibility index (Phi) is 4.81. The van der Waals surface area contributed by atoms with Gasteiger partial charge in [-0.2, -0.15) is 15.4 Å². The number of carbonyl (C=O) groups excluding carboxylic acids is 1. The molecular formula is C16H20ClN5O. The first-order valence-corrected chi connectivity index (χ1v) is 8.30. The van der Waals surface area contributed by atoms with Crippen LogP contribution in [0, 0.1) is 0 Å². The maximum absolute atomic E-state index is 12.7. The molecule has 122 valence electrons. The number of amides is 1. The van der Waals surface area contributed by atoms with Crippen molar-refractivity contribution in [2.45, 2.75) is 38.5 Å². The zero-order valence-corrected chi connectivity index (χ0v) is 13.8. The molecule has 0 bridgehead atoms. The lowest BCUT2D eigenvalue weighted by Crippen LogP contribution is -2.25. The van der Waals surface area contributed by atoms with Gasteiger partial charge in [0.2, 0.25) is 5.91 Å². The topological polar surface area (TPSA) is 82.7 Å². The maximum Gasteiger partial charge on any atom is 0.233 e. The Labute approximate surface area is 140 Å². The fourth-order valence-corrected chi connectivity index (χ4v) is 3.02. The second kappa shape index (κ2) is 7.00. The summed E-state index contributed by atoms with van der Waals surface area (Å²) in [6.07, 6.45) is 3.59. The molecule has 0 aliphatic heterocycles. The third-order valence-corrected chi connectivity index (χ3v) is 4.24. The van der Waals surface area contributed by atoms with E-state index in [9.17, 15) is 4.79 Å². The Balaban J connectivity index is 1.80. The quantitative estimate of drug-likeness (QED) is 0.783. The molecule has 1 amide bonds. The molecule has 1 aliphatic carbocycles. The molecule has 0 radical (unpaired) electrons. The molecular weight excluding hydrogens is 314 g/mol. The molecule has 1 atom stereocenters. The zero-order chi connectivity index (χ0) is 16.2. The first kappa shape index (κ1) is 15.8. The molecule has 0 saturated heterocycles. The Morgan fingerprint density at radius 3 is 3.09 bits per heavy atom. The van der Waals surface area contributed by atoms with Crippen LogP contribution in [0.1, 0.15) is 43.5 Å². The standard InChI is InChI=1S/C16H20ClN5O/c1-2-8-18-12-7-6-10(17)9-14(12)19-16(23)11-4-3-5-13-15(11)21-22-20-13/h6-7,9,11,18H,2-5,8H2,1H3,(H,19,23)(H,20,21,22). The highest BCUT2D eigenvalue weighted by Crippen LogP contribution is 2.32. The van der Waals surface area contributed by atoms with Crippen LogP contribution in [0.4, 0.5) is 11.4 Å². The largest absolute Gasteiger partial charge is 0.383 e. The number of aryl methyl sites for hydroxylation is 1. The fraction of sp³-hybridized carbons (Fsp3) is 0.438. The van der Waals surface area contributed by atoms with Gasteiger partial charge in [0.15, 0.2) is 0 Å². The number of benzene rings is 1. The monoisotopic (exact) mass is 333 g/mol. The van der Waals surface area contributed by atoms with Gasteiger partial charge < -0.3 is 10.6 Å². The minimum atomic E-state index is -0.268. The average molecular weight is 334 g/mol. The summed E-state index contributed by atoms with van der Waals surface area (Å²) in [5, 5.41) is 17.8. The minimum Gasteiger partial charge on any atom is -0.383 e. The molecule has 6 nitrogen and oxygen atoms in total. The molecule has 0 saturated carbocycles. The molecule has 1 aromatic carbocycles. The second-order valence-electron chi connectivity index (χ2n) is 5.71. The van der Waals surface area contributed by atoms with Gasteiger partial charge in [-0.15, -0.1) is 0 Å². The second-order valence-corrected chi connectivity index (χ2v) is 6.14. The SMILES string of the molecule is CCCNc1ccc(Cl)cc1NC(=O)C1CCCc2n[nH]nc21. The van der Waals surface area contributed by atoms with Crippen molar-refractivity contribution in [2.24, 2.45) is 0 Å². The van der Waals surface area contributed by atoms with Gasteiger partial charge in [-0.3, -0.25) is 4.79 Å². The number of fused-ring (bicyclic) bond motifs is 1. The van der Waals surface area contributed by atoms with Crippen molar-refractivity contribution >= 4 is 28.9 Å². The van der Waals surface area contributed by atoms with E-state index in [2.05, 4.69) is 33.0 Å². The number of anilines is 2. The van der Waals surface area contributed by atoms with Gasteiger partial charge in [-0.05, 0) is 43.9 Å². The van der Waals surface area contributed by atoms with Gasteiger partial charge in [-0.1, -0.05) is 18.5 Å². The van der Waals surface area contributed by atoms with Gasteiger partial charge in [-0.25, -0.2) is 0 Å². The average Bonchev–Trinajstić information content (AvgIpc) is 3.02. The van der Waals surface area contributed by atoms with Crippen LogP contribution in [0.15, 0.2) is 18.2 Å². The normalized spacial score (nSPS) is 16.7. The summed E-state index contributed by atoms with van der Waals surface area (Å²) in [6, 6.07) is 5.46. The summed E-state index contributed by atoms with van der Waals surface area (Å²) in [7, 11) is 0. The number of halogens is 1. The summed E-state index contributed by atoms with van der Waals surface area (Å²) in [4.78, 5) is 12.7. The van der Waals surface area contributed by atoms with Gasteiger partial charge in [0.25, 0.3) is 0 Å². The Morgan fingerprint density at radius 1 is 1.39 bits per heavy atom. The smallest absolute Gasteiger partial charge is 0.233 e. The van der Waals surface area contributed by atoms with E-state index in [1.165, 1.54) is 0 Å². The van der Waals surface area contributed by atoms with Gasteiger partial charge in [0, 0.05) is 11.6 Å². The fourth-order valence-electron chi connectivity index (χ4n) is 2.84. The molecule has 23 heavy (non-hydrogen) atoms. The van der Waals surface area contributed by atoms with Crippen molar-refractivity contribution in [3.63, 3.8) is 0 Å². The van der Waals surface area contributed by atoms with E-state index < -0.39 is 0 Å². The van der Waals surface area contributed by atoms with E-state index in [0.717, 1.165) is 49.3 Å². The van der Waals surface area contributed by atoms with Crippen LogP contribution in [0.3, 0.4) is 0 Å². The van der Waals surface area contributed by atoms with Crippen molar-refractivity contribution < 1.29 is 4.79 Å². The summed E-state index contributed by atoms with van der Waals surface area (Å²) < 4.78 is 0. The van der Waals surface area contributed by atoms with Crippen molar-refractivity contribution in [1.82, 2.24) is 15.4 Å². The van der Waals surface area contributed by atoms with Crippen LogP contribution in [0.5, 0.6) is 0 Å². The first-order valence-electron chi connectivity index (χ1n) is 7.93. The molecule has 3 N–H and O–H groups in total. The summed E-state index contributed by atoms with van der Waals surface area (Å²) in [6.45, 7) is 2.93. The predicted octanol–water partition coefficient (Wildman–Crippen LogP) is 3.34. The lowest BCUT2D eigenvalue weighted by atomic mass is 9.89. The molecule has 7 heteroatoms. The van der Waals surface area contributed by atoms with Gasteiger partial charge >= 0.3 is 0 Å². The van der Waals surface area contributed by atoms with E-state index >= 15 is 0 Å². The number of aromatic nitrogens is 3. The number of rotatable bonds is 5. The van der Waals surface area contributed by atoms with Gasteiger partial charge in [0.05, 0.1) is 28.7 Å². The molecule has 0 spiro atoms. The van der Waals surface area contributed by atoms with E-state index in [1.54, 1.807) is 6.07 Å². The molecule has 0 fully saturated rings. The lowest BCUT2D eigenvalue weighted by molar-refractivity contribution is -0.118. The summed E-state index contributed by atoms with van der Waals surface area (Å²) in [5.74, 6) is -0.336. The van der Waals surface area contributed by atoms with E-state index in [4.69, 9.17) is 11.6 Å². The van der Waals surface area contributed by atoms with Crippen LogP contribution < -0.4 is 10.6 Å². The van der Waals surface area contributed by atoms with Crippen LogP contribution in [-0.4, -0.2) is 27.9 Å². The van der Waals surface area contributed by atoms with Crippen molar-refractivity contribution in [3.8, 4) is 0 Å². The van der Waals surface area contributed by atoms with Crippen molar-refractivity contribution in [1.29, 1.82) is 0 Å². The molecule has 3 rings (SSSR count). The number of hydrogen-bond acceptors (Lipinski definition) is 4. The van der Waals surface area contributed by atoms with Crippen molar-refractivity contribution in [3.05, 3.63) is 34.6 Å². The van der Waals surface area contributed by atoms with Crippen LogP contribution in [-0.2, 0) is 11.2 Å². The zero-order valence-electron chi connectivity index (χ0n) is 13.0. The minimum absolute atomic E-state index is 0.0679. The van der Waals surface area contributed by atoms with E-state index in [0.29, 0.717) is 10.7 Å². The first-order chi connectivity index (χ1) is 11.2. The third kappa shape index (κ3) is 3.47. The number of aromatic amines is 1. The molecule has 1 aromatic heterocycles. The number of carbonyl (C=O) groups is 1. The molecule has 1 aliphatic rings. The summed E-state index contributed by atoms with van der Waals surface area (Å²) in [5.41, 5.74) is 3.23. The highest BCUT2D eigenvalue weighted by Gasteiger charge is 2.30. The van der Waals surface area contributed by atoms with E-state index in [1.807, 2.05) is 12.1 Å². The predicted molar refractivity (Wildman–Crippen MR) is 90.9 cm³/mol. The number of hydrogen-bond donors (Lipinski definition) is 3. The van der Waals surface area contributed by atoms with Crippen LogP contribution in [0.25, 0.3) is 0 Å². The highest BCUT2D eigenvalue weighted by molar-refractivity contribution is 6.31. The number of nitrogens with one attached hydrogen (secondary N) is 3. The number of H-pyrrole nitrogens is 1. The van der Waals surface area contributed by atoms with Crippen LogP contribution in [0.2, 0.25) is 5.02 Å². The van der Waals surface area contributed by atoms with Crippen LogP contribution >= 0.6 is 11.6 Å².